The number of aliphatic hydroxyl groups is 1. The summed E-state index contributed by atoms with van der Waals surface area (Å²) < 4.78 is 18.5. The van der Waals surface area contributed by atoms with E-state index < -0.39 is 11.9 Å². The lowest BCUT2D eigenvalue weighted by Gasteiger charge is -2.17. The normalized spacial score (nSPS) is 12.2. The van der Waals surface area contributed by atoms with Crippen LogP contribution in [0.3, 0.4) is 0 Å². The van der Waals surface area contributed by atoms with Gasteiger partial charge in [0.2, 0.25) is 0 Å². The molecule has 0 fully saturated rings. The van der Waals surface area contributed by atoms with Crippen molar-refractivity contribution in [3.05, 3.63) is 58.4 Å². The molecule has 0 heterocycles. The van der Waals surface area contributed by atoms with Gasteiger partial charge in [0, 0.05) is 6.54 Å². The third-order valence-electron chi connectivity index (χ3n) is 3.32. The Labute approximate surface area is 133 Å². The average molecular weight is 326 g/mol. The zero-order chi connectivity index (χ0) is 16.1. The van der Waals surface area contributed by atoms with Crippen molar-refractivity contribution in [3.63, 3.8) is 0 Å². The van der Waals surface area contributed by atoms with Gasteiger partial charge in [-0.15, -0.1) is 0 Å². The summed E-state index contributed by atoms with van der Waals surface area (Å²) in [6, 6.07) is 8.99. The van der Waals surface area contributed by atoms with Crippen molar-refractivity contribution in [1.29, 1.82) is 0 Å². The summed E-state index contributed by atoms with van der Waals surface area (Å²) in [4.78, 5) is 0. The van der Waals surface area contributed by atoms with Gasteiger partial charge >= 0.3 is 0 Å². The fourth-order valence-electron chi connectivity index (χ4n) is 2.10. The predicted octanol–water partition coefficient (Wildman–Crippen LogP) is 3.02. The number of rotatable bonds is 6. The SMILES string of the molecule is COc1ccc(CNC(CO)c2ccc(Cl)c(F)c2)cc1O. The van der Waals surface area contributed by atoms with E-state index in [-0.39, 0.29) is 17.4 Å². The quantitative estimate of drug-likeness (QED) is 0.764. The highest BCUT2D eigenvalue weighted by Gasteiger charge is 2.12. The summed E-state index contributed by atoms with van der Waals surface area (Å²) in [5.74, 6) is -0.0939. The Morgan fingerprint density at radius 3 is 2.64 bits per heavy atom. The minimum atomic E-state index is -0.526. The van der Waals surface area contributed by atoms with Crippen LogP contribution in [0.15, 0.2) is 36.4 Å². The molecule has 0 aliphatic heterocycles. The molecule has 118 valence electrons. The van der Waals surface area contributed by atoms with E-state index in [4.69, 9.17) is 16.3 Å². The van der Waals surface area contributed by atoms with Gasteiger partial charge < -0.3 is 20.3 Å². The van der Waals surface area contributed by atoms with Gasteiger partial charge in [0.15, 0.2) is 11.5 Å². The molecule has 1 atom stereocenters. The van der Waals surface area contributed by atoms with Crippen LogP contribution in [0.25, 0.3) is 0 Å². The average Bonchev–Trinajstić information content (AvgIpc) is 2.51. The molecule has 4 nitrogen and oxygen atoms in total. The van der Waals surface area contributed by atoms with Crippen molar-refractivity contribution in [2.24, 2.45) is 0 Å². The molecular formula is C16H17ClFNO3. The molecule has 6 heteroatoms. The standard InChI is InChI=1S/C16H17ClFNO3/c1-22-16-5-2-10(6-15(16)21)8-19-14(9-20)11-3-4-12(17)13(18)7-11/h2-7,14,19-21H,8-9H2,1H3. The van der Waals surface area contributed by atoms with E-state index in [0.717, 1.165) is 5.56 Å². The Balaban J connectivity index is 2.07. The van der Waals surface area contributed by atoms with Crippen LogP contribution in [0.5, 0.6) is 11.5 Å². The fourth-order valence-corrected chi connectivity index (χ4v) is 2.22. The monoisotopic (exact) mass is 325 g/mol. The zero-order valence-corrected chi connectivity index (χ0v) is 12.8. The molecule has 2 aromatic rings. The number of nitrogens with one attached hydrogen (secondary N) is 1. The van der Waals surface area contributed by atoms with Gasteiger partial charge in [-0.05, 0) is 35.4 Å². The number of aromatic hydroxyl groups is 1. The van der Waals surface area contributed by atoms with Gasteiger partial charge in [-0.1, -0.05) is 23.7 Å². The minimum Gasteiger partial charge on any atom is -0.504 e. The molecular weight excluding hydrogens is 309 g/mol. The number of ether oxygens (including phenoxy) is 1. The molecule has 1 unspecified atom stereocenters. The molecule has 0 saturated heterocycles. The highest BCUT2D eigenvalue weighted by molar-refractivity contribution is 6.30. The minimum absolute atomic E-state index is 0.0416. The smallest absolute Gasteiger partial charge is 0.160 e. The largest absolute Gasteiger partial charge is 0.504 e. The van der Waals surface area contributed by atoms with E-state index in [1.54, 1.807) is 24.3 Å². The summed E-state index contributed by atoms with van der Waals surface area (Å²) in [5, 5.41) is 22.3. The van der Waals surface area contributed by atoms with Crippen LogP contribution in [0.2, 0.25) is 5.02 Å². The molecule has 2 aromatic carbocycles. The van der Waals surface area contributed by atoms with E-state index in [0.29, 0.717) is 17.9 Å². The maximum Gasteiger partial charge on any atom is 0.160 e. The first kappa shape index (κ1) is 16.5. The first-order chi connectivity index (χ1) is 10.5. The molecule has 0 aliphatic rings. The molecule has 22 heavy (non-hydrogen) atoms. The highest BCUT2D eigenvalue weighted by atomic mass is 35.5. The van der Waals surface area contributed by atoms with Crippen LogP contribution in [0, 0.1) is 5.82 Å². The lowest BCUT2D eigenvalue weighted by atomic mass is 10.1. The number of aliphatic hydroxyl groups excluding tert-OH is 1. The summed E-state index contributed by atoms with van der Waals surface area (Å²) in [6.45, 7) is 0.205. The third kappa shape index (κ3) is 3.88. The van der Waals surface area contributed by atoms with Gasteiger partial charge in [-0.2, -0.15) is 0 Å². The number of phenols is 1. The van der Waals surface area contributed by atoms with Gasteiger partial charge in [0.05, 0.1) is 24.8 Å². The van der Waals surface area contributed by atoms with Gasteiger partial charge in [0.25, 0.3) is 0 Å². The van der Waals surface area contributed by atoms with Gasteiger partial charge in [-0.25, -0.2) is 4.39 Å². The summed E-state index contributed by atoms with van der Waals surface area (Å²) in [5.41, 5.74) is 1.41. The third-order valence-corrected chi connectivity index (χ3v) is 3.63. The van der Waals surface area contributed by atoms with Crippen LogP contribution >= 0.6 is 11.6 Å². The molecule has 0 amide bonds. The second-order valence-electron chi connectivity index (χ2n) is 4.80. The topological polar surface area (TPSA) is 61.7 Å². The van der Waals surface area contributed by atoms with Crippen LogP contribution in [0.4, 0.5) is 4.39 Å². The van der Waals surface area contributed by atoms with Crippen LogP contribution in [0.1, 0.15) is 17.2 Å². The van der Waals surface area contributed by atoms with Crippen molar-refractivity contribution in [2.45, 2.75) is 12.6 Å². The first-order valence-electron chi connectivity index (χ1n) is 6.70. The Morgan fingerprint density at radius 2 is 2.05 bits per heavy atom. The Morgan fingerprint density at radius 1 is 1.27 bits per heavy atom. The Kier molecular flexibility index (Phi) is 5.60. The lowest BCUT2D eigenvalue weighted by molar-refractivity contribution is 0.243. The number of phenolic OH excluding ortho intramolecular Hbond substituents is 1. The van der Waals surface area contributed by atoms with Gasteiger partial charge in [0.1, 0.15) is 5.82 Å². The molecule has 3 N–H and O–H groups in total. The summed E-state index contributed by atoms with van der Waals surface area (Å²) in [6.07, 6.45) is 0. The zero-order valence-electron chi connectivity index (χ0n) is 12.0. The number of methoxy groups -OCH3 is 1. The summed E-state index contributed by atoms with van der Waals surface area (Å²) >= 11 is 5.65. The molecule has 0 aliphatic carbocycles. The molecule has 2 rings (SSSR count). The highest BCUT2D eigenvalue weighted by Crippen LogP contribution is 2.26. The van der Waals surface area contributed by atoms with Crippen LogP contribution < -0.4 is 10.1 Å². The maximum atomic E-state index is 13.5. The van der Waals surface area contributed by atoms with E-state index in [2.05, 4.69) is 5.32 Å². The van der Waals surface area contributed by atoms with E-state index in [1.165, 1.54) is 19.2 Å². The van der Waals surface area contributed by atoms with E-state index in [9.17, 15) is 14.6 Å². The number of halogens is 2. The van der Waals surface area contributed by atoms with Crippen molar-refractivity contribution < 1.29 is 19.3 Å². The van der Waals surface area contributed by atoms with Crippen molar-refractivity contribution in [1.82, 2.24) is 5.32 Å². The van der Waals surface area contributed by atoms with Crippen LogP contribution in [-0.4, -0.2) is 23.9 Å². The number of hydrogen-bond donors (Lipinski definition) is 3. The molecule has 0 bridgehead atoms. The Bertz CT molecular complexity index is 651. The van der Waals surface area contributed by atoms with E-state index in [1.807, 2.05) is 0 Å². The lowest BCUT2D eigenvalue weighted by Crippen LogP contribution is -2.24. The summed E-state index contributed by atoms with van der Waals surface area (Å²) in [7, 11) is 1.48. The number of hydrogen-bond acceptors (Lipinski definition) is 4. The number of benzene rings is 2. The molecule has 0 aromatic heterocycles. The first-order valence-corrected chi connectivity index (χ1v) is 7.08. The van der Waals surface area contributed by atoms with Crippen LogP contribution in [-0.2, 0) is 6.54 Å². The van der Waals surface area contributed by atoms with Gasteiger partial charge in [-0.3, -0.25) is 0 Å². The Hall–Kier alpha value is -1.82. The van der Waals surface area contributed by atoms with Crippen molar-refractivity contribution in [3.8, 4) is 11.5 Å². The second-order valence-corrected chi connectivity index (χ2v) is 5.20. The molecule has 0 saturated carbocycles. The fraction of sp³-hybridized carbons (Fsp3) is 0.250. The van der Waals surface area contributed by atoms with E-state index >= 15 is 0 Å². The second kappa shape index (κ2) is 7.45. The van der Waals surface area contributed by atoms with Crippen molar-refractivity contribution in [2.75, 3.05) is 13.7 Å². The maximum absolute atomic E-state index is 13.5. The molecule has 0 radical (unpaired) electrons. The molecule has 0 spiro atoms. The predicted molar refractivity (Wildman–Crippen MR) is 82.7 cm³/mol. The van der Waals surface area contributed by atoms with Crippen molar-refractivity contribution >= 4 is 11.6 Å².